The minimum atomic E-state index is 0.0610. The van der Waals surface area contributed by atoms with Gasteiger partial charge in [0.25, 0.3) is 5.91 Å². The number of thiophene rings is 1. The normalized spacial score (nSPS) is 18.5. The third-order valence-electron chi connectivity index (χ3n) is 4.41. The molecule has 1 aliphatic rings. The van der Waals surface area contributed by atoms with E-state index in [4.69, 9.17) is 4.52 Å². The molecule has 22 heavy (non-hydrogen) atoms. The number of nitrogens with one attached hydrogen (secondary N) is 1. The van der Waals surface area contributed by atoms with Crippen LogP contribution in [0.1, 0.15) is 46.4 Å². The van der Waals surface area contributed by atoms with Gasteiger partial charge in [-0.15, -0.1) is 11.3 Å². The van der Waals surface area contributed by atoms with Gasteiger partial charge < -0.3 is 14.4 Å². The maximum Gasteiger partial charge on any atom is 0.270 e. The number of carbonyl (C=O) groups is 1. The second kappa shape index (κ2) is 4.98. The molecule has 1 unspecified atom stereocenters. The molecule has 1 N–H and O–H groups in total. The van der Waals surface area contributed by atoms with Crippen LogP contribution in [0.2, 0.25) is 0 Å². The SMILES string of the molecule is Cc1noc(C)c1C1CCCN1C(=O)c1cc2sccc2[nH]1. The van der Waals surface area contributed by atoms with Crippen LogP contribution in [0.25, 0.3) is 10.2 Å². The summed E-state index contributed by atoms with van der Waals surface area (Å²) < 4.78 is 6.40. The Kier molecular flexibility index (Phi) is 3.07. The highest BCUT2D eigenvalue weighted by molar-refractivity contribution is 7.17. The number of amides is 1. The first-order valence-electron chi connectivity index (χ1n) is 7.45. The monoisotopic (exact) mass is 315 g/mol. The van der Waals surface area contributed by atoms with Gasteiger partial charge in [0.1, 0.15) is 11.5 Å². The summed E-state index contributed by atoms with van der Waals surface area (Å²) in [5.74, 6) is 0.876. The number of rotatable bonds is 2. The zero-order valence-corrected chi connectivity index (χ0v) is 13.4. The molecule has 4 heterocycles. The Morgan fingerprint density at radius 1 is 1.50 bits per heavy atom. The maximum absolute atomic E-state index is 12.9. The fourth-order valence-electron chi connectivity index (χ4n) is 3.39. The first kappa shape index (κ1) is 13.6. The van der Waals surface area contributed by atoms with Gasteiger partial charge in [0.2, 0.25) is 0 Å². The summed E-state index contributed by atoms with van der Waals surface area (Å²) in [7, 11) is 0. The van der Waals surface area contributed by atoms with E-state index in [1.54, 1.807) is 11.3 Å². The highest BCUT2D eigenvalue weighted by atomic mass is 32.1. The van der Waals surface area contributed by atoms with Gasteiger partial charge in [-0.1, -0.05) is 5.16 Å². The Morgan fingerprint density at radius 2 is 2.36 bits per heavy atom. The van der Waals surface area contributed by atoms with Crippen LogP contribution in [0.3, 0.4) is 0 Å². The van der Waals surface area contributed by atoms with Crippen LogP contribution in [-0.4, -0.2) is 27.5 Å². The lowest BCUT2D eigenvalue weighted by molar-refractivity contribution is 0.0729. The molecule has 1 atom stereocenters. The van der Waals surface area contributed by atoms with Gasteiger partial charge in [0.05, 0.1) is 22.0 Å². The van der Waals surface area contributed by atoms with E-state index in [9.17, 15) is 4.79 Å². The van der Waals surface area contributed by atoms with E-state index in [0.29, 0.717) is 5.69 Å². The van der Waals surface area contributed by atoms with Crippen molar-refractivity contribution in [3.63, 3.8) is 0 Å². The van der Waals surface area contributed by atoms with Gasteiger partial charge in [-0.05, 0) is 44.2 Å². The van der Waals surface area contributed by atoms with Crippen LogP contribution in [0.4, 0.5) is 0 Å². The number of hydrogen-bond donors (Lipinski definition) is 1. The third kappa shape index (κ3) is 1.98. The number of fused-ring (bicyclic) bond motifs is 1. The minimum absolute atomic E-state index is 0.0610. The summed E-state index contributed by atoms with van der Waals surface area (Å²) in [6, 6.07) is 4.03. The zero-order chi connectivity index (χ0) is 15.3. The van der Waals surface area contributed by atoms with Gasteiger partial charge >= 0.3 is 0 Å². The number of nitrogens with zero attached hydrogens (tertiary/aromatic N) is 2. The molecular formula is C16H17N3O2S. The number of H-pyrrole nitrogens is 1. The van der Waals surface area contributed by atoms with Crippen molar-refractivity contribution < 1.29 is 9.32 Å². The van der Waals surface area contributed by atoms with Gasteiger partial charge in [-0.2, -0.15) is 0 Å². The molecule has 1 aliphatic heterocycles. The second-order valence-corrected chi connectivity index (χ2v) is 6.72. The van der Waals surface area contributed by atoms with Crippen molar-refractivity contribution in [2.75, 3.05) is 6.54 Å². The molecule has 0 spiro atoms. The lowest BCUT2D eigenvalue weighted by Crippen LogP contribution is -2.31. The van der Waals surface area contributed by atoms with E-state index >= 15 is 0 Å². The largest absolute Gasteiger partial charge is 0.361 e. The number of aromatic nitrogens is 2. The summed E-state index contributed by atoms with van der Waals surface area (Å²) in [4.78, 5) is 18.1. The van der Waals surface area contributed by atoms with E-state index in [1.807, 2.05) is 36.3 Å². The minimum Gasteiger partial charge on any atom is -0.361 e. The molecule has 0 saturated carbocycles. The molecule has 0 bridgehead atoms. The molecule has 114 valence electrons. The summed E-state index contributed by atoms with van der Waals surface area (Å²) in [6.07, 6.45) is 1.97. The Balaban J connectivity index is 1.68. The van der Waals surface area contributed by atoms with Crippen molar-refractivity contribution in [1.29, 1.82) is 0 Å². The molecule has 3 aromatic heterocycles. The first-order valence-corrected chi connectivity index (χ1v) is 8.33. The van der Waals surface area contributed by atoms with E-state index in [1.165, 1.54) is 0 Å². The third-order valence-corrected chi connectivity index (χ3v) is 5.27. The van der Waals surface area contributed by atoms with Crippen molar-refractivity contribution >= 4 is 27.5 Å². The van der Waals surface area contributed by atoms with E-state index in [2.05, 4.69) is 10.1 Å². The highest BCUT2D eigenvalue weighted by Gasteiger charge is 2.34. The smallest absolute Gasteiger partial charge is 0.270 e. The van der Waals surface area contributed by atoms with Gasteiger partial charge in [0.15, 0.2) is 0 Å². The number of aromatic amines is 1. The fourth-order valence-corrected chi connectivity index (χ4v) is 4.18. The van der Waals surface area contributed by atoms with Gasteiger partial charge in [-0.3, -0.25) is 4.79 Å². The molecule has 3 aromatic rings. The Morgan fingerprint density at radius 3 is 3.09 bits per heavy atom. The standard InChI is InChI=1S/C16H17N3O2S/c1-9-15(10(2)21-18-9)13-4-3-6-19(13)16(20)12-8-14-11(17-12)5-7-22-14/h5,7-8,13,17H,3-4,6H2,1-2H3. The summed E-state index contributed by atoms with van der Waals surface area (Å²) in [5, 5.41) is 6.06. The summed E-state index contributed by atoms with van der Waals surface area (Å²) >= 11 is 1.64. The maximum atomic E-state index is 12.9. The fraction of sp³-hybridized carbons (Fsp3) is 0.375. The van der Waals surface area contributed by atoms with Crippen molar-refractivity contribution in [1.82, 2.24) is 15.0 Å². The highest BCUT2D eigenvalue weighted by Crippen LogP contribution is 2.36. The lowest BCUT2D eigenvalue weighted by atomic mass is 10.0. The van der Waals surface area contributed by atoms with Crippen LogP contribution in [-0.2, 0) is 0 Å². The first-order chi connectivity index (χ1) is 10.6. The van der Waals surface area contributed by atoms with E-state index in [-0.39, 0.29) is 11.9 Å². The number of hydrogen-bond acceptors (Lipinski definition) is 4. The predicted octanol–water partition coefficient (Wildman–Crippen LogP) is 3.81. The molecule has 6 heteroatoms. The van der Waals surface area contributed by atoms with Crippen LogP contribution in [0.15, 0.2) is 22.0 Å². The van der Waals surface area contributed by atoms with Crippen LogP contribution in [0, 0.1) is 13.8 Å². The number of aryl methyl sites for hydroxylation is 2. The van der Waals surface area contributed by atoms with E-state index < -0.39 is 0 Å². The second-order valence-electron chi connectivity index (χ2n) is 5.78. The molecule has 5 nitrogen and oxygen atoms in total. The summed E-state index contributed by atoms with van der Waals surface area (Å²) in [5.41, 5.74) is 3.65. The van der Waals surface area contributed by atoms with Crippen molar-refractivity contribution in [3.8, 4) is 0 Å². The van der Waals surface area contributed by atoms with E-state index in [0.717, 1.165) is 46.6 Å². The predicted molar refractivity (Wildman–Crippen MR) is 85.2 cm³/mol. The quantitative estimate of drug-likeness (QED) is 0.782. The Labute approximate surface area is 131 Å². The van der Waals surface area contributed by atoms with Crippen LogP contribution < -0.4 is 0 Å². The van der Waals surface area contributed by atoms with Gasteiger partial charge in [-0.25, -0.2) is 0 Å². The van der Waals surface area contributed by atoms with Crippen molar-refractivity contribution in [2.45, 2.75) is 32.7 Å². The number of carbonyl (C=O) groups excluding carboxylic acids is 1. The molecule has 0 aromatic carbocycles. The zero-order valence-electron chi connectivity index (χ0n) is 12.5. The van der Waals surface area contributed by atoms with Crippen molar-refractivity contribution in [2.24, 2.45) is 0 Å². The number of likely N-dealkylation sites (tertiary alicyclic amines) is 1. The molecular weight excluding hydrogens is 298 g/mol. The molecule has 0 radical (unpaired) electrons. The average molecular weight is 315 g/mol. The molecule has 4 rings (SSSR count). The molecule has 0 aliphatic carbocycles. The summed E-state index contributed by atoms with van der Waals surface area (Å²) in [6.45, 7) is 4.64. The molecule has 1 saturated heterocycles. The average Bonchev–Trinajstić information content (AvgIpc) is 3.21. The molecule has 1 amide bonds. The lowest BCUT2D eigenvalue weighted by Gasteiger charge is -2.24. The topological polar surface area (TPSA) is 62.1 Å². The Hall–Kier alpha value is -2.08. The van der Waals surface area contributed by atoms with Crippen LogP contribution in [0.5, 0.6) is 0 Å². The molecule has 1 fully saturated rings. The van der Waals surface area contributed by atoms with Gasteiger partial charge in [0, 0.05) is 12.1 Å². The van der Waals surface area contributed by atoms with Crippen molar-refractivity contribution in [3.05, 3.63) is 40.2 Å². The van der Waals surface area contributed by atoms with Crippen LogP contribution >= 0.6 is 11.3 Å². The Bertz CT molecular complexity index is 797.